The molecule has 0 unspecified atom stereocenters. The lowest BCUT2D eigenvalue weighted by molar-refractivity contribution is -0.687. The summed E-state index contributed by atoms with van der Waals surface area (Å²) >= 11 is 0. The van der Waals surface area contributed by atoms with Gasteiger partial charge in [-0.2, -0.15) is 8.42 Å². The molecule has 0 radical (unpaired) electrons. The fourth-order valence-corrected chi connectivity index (χ4v) is 5.37. The molecular weight excluding hydrogens is 458 g/mol. The third-order valence-electron chi connectivity index (χ3n) is 7.10. The molecule has 35 heavy (non-hydrogen) atoms. The van der Waals surface area contributed by atoms with E-state index in [0.717, 1.165) is 37.1 Å². The molecule has 0 saturated carbocycles. The highest BCUT2D eigenvalue weighted by molar-refractivity contribution is 7.89. The van der Waals surface area contributed by atoms with Crippen LogP contribution in [-0.4, -0.2) is 37.2 Å². The molecule has 0 fully saturated rings. The Morgan fingerprint density at radius 2 is 1.71 bits per heavy atom. The first-order chi connectivity index (χ1) is 16.6. The van der Waals surface area contributed by atoms with Crippen LogP contribution < -0.4 is 4.57 Å². The summed E-state index contributed by atoms with van der Waals surface area (Å²) < 4.78 is 33.0. The Bertz CT molecular complexity index is 1400. The van der Waals surface area contributed by atoms with Crippen molar-refractivity contribution in [2.75, 3.05) is 12.9 Å². The molecule has 0 spiro atoms. The van der Waals surface area contributed by atoms with Gasteiger partial charge in [0.15, 0.2) is 0 Å². The number of aliphatic imine (C=N–C) groups is 1. The van der Waals surface area contributed by atoms with Gasteiger partial charge in [0.2, 0.25) is 5.90 Å². The van der Waals surface area contributed by atoms with Gasteiger partial charge in [0, 0.05) is 5.56 Å². The van der Waals surface area contributed by atoms with Gasteiger partial charge in [-0.25, -0.2) is 9.56 Å². The van der Waals surface area contributed by atoms with E-state index in [1.165, 1.54) is 38.0 Å². The standard InChI is InChI=1S/C28H34N3O3S/c1-28(2,3)26-18-34-27(29-26)25-16-21-6-10-22-9-5-20(7-11-23(25)12-8-21)15-24(22)17-30-13-14-31(19-30)35(4,32)33/h5,8-9,12-16,19,26H,6-7,10-11,17-18H2,1-4H3/q+1/t26-/m1/s1. The molecule has 1 atom stereocenters. The minimum absolute atomic E-state index is 0.0816. The number of imidazole rings is 1. The molecule has 2 heterocycles. The van der Waals surface area contributed by atoms with E-state index in [2.05, 4.69) is 57.2 Å². The van der Waals surface area contributed by atoms with Crippen LogP contribution in [0.4, 0.5) is 0 Å². The number of rotatable bonds is 4. The van der Waals surface area contributed by atoms with Gasteiger partial charge in [0.05, 0.1) is 12.3 Å². The fourth-order valence-electron chi connectivity index (χ4n) is 4.81. The number of benzene rings is 2. The van der Waals surface area contributed by atoms with Gasteiger partial charge in [-0.15, -0.1) is 3.97 Å². The first-order valence-corrected chi connectivity index (χ1v) is 14.1. The molecule has 4 aliphatic carbocycles. The van der Waals surface area contributed by atoms with E-state index in [4.69, 9.17) is 9.73 Å². The van der Waals surface area contributed by atoms with Crippen LogP contribution in [0.1, 0.15) is 54.2 Å². The zero-order valence-corrected chi connectivity index (χ0v) is 21.8. The minimum Gasteiger partial charge on any atom is -0.475 e. The summed E-state index contributed by atoms with van der Waals surface area (Å²) in [5.74, 6) is 0.792. The number of aryl methyl sites for hydroxylation is 4. The Labute approximate surface area is 208 Å². The molecule has 8 rings (SSSR count). The summed E-state index contributed by atoms with van der Waals surface area (Å²) in [6.07, 6.45) is 9.94. The molecule has 4 bridgehead atoms. The molecule has 5 aliphatic rings. The number of nitrogens with zero attached hydrogens (tertiary/aromatic N) is 3. The van der Waals surface area contributed by atoms with Gasteiger partial charge in [-0.1, -0.05) is 51.1 Å². The van der Waals surface area contributed by atoms with E-state index < -0.39 is 10.0 Å². The minimum atomic E-state index is -3.29. The van der Waals surface area contributed by atoms with Crippen molar-refractivity contribution in [3.63, 3.8) is 0 Å². The lowest BCUT2D eigenvalue weighted by atomic mass is 9.88. The predicted molar refractivity (Wildman–Crippen MR) is 137 cm³/mol. The quantitative estimate of drug-likeness (QED) is 0.522. The van der Waals surface area contributed by atoms with Gasteiger partial charge in [-0.05, 0) is 65.0 Å². The first-order valence-electron chi connectivity index (χ1n) is 12.3. The summed E-state index contributed by atoms with van der Waals surface area (Å²) in [7, 11) is -3.29. The van der Waals surface area contributed by atoms with Crippen molar-refractivity contribution in [3.05, 3.63) is 88.5 Å². The second kappa shape index (κ2) is 8.94. The van der Waals surface area contributed by atoms with E-state index in [-0.39, 0.29) is 11.5 Å². The Morgan fingerprint density at radius 3 is 2.37 bits per heavy atom. The van der Waals surface area contributed by atoms with E-state index in [9.17, 15) is 8.42 Å². The van der Waals surface area contributed by atoms with Crippen LogP contribution in [0.15, 0.2) is 60.1 Å². The predicted octanol–water partition coefficient (Wildman–Crippen LogP) is 3.71. The van der Waals surface area contributed by atoms with Crippen molar-refractivity contribution < 1.29 is 17.7 Å². The van der Waals surface area contributed by atoms with E-state index in [1.54, 1.807) is 12.5 Å². The average Bonchev–Trinajstić information content (AvgIpc) is 3.45. The summed E-state index contributed by atoms with van der Waals surface area (Å²) in [6.45, 7) is 7.93. The number of ether oxygens (including phenoxy) is 1. The van der Waals surface area contributed by atoms with Crippen LogP contribution in [-0.2, 0) is 47.0 Å². The molecule has 6 nitrogen and oxygen atoms in total. The molecule has 0 N–H and O–H groups in total. The Hall–Kier alpha value is -2.93. The number of hydrogen-bond acceptors (Lipinski definition) is 4. The summed E-state index contributed by atoms with van der Waals surface area (Å²) in [5.41, 5.74) is 7.59. The molecule has 7 heteroatoms. The van der Waals surface area contributed by atoms with Crippen LogP contribution in [0.5, 0.6) is 0 Å². The van der Waals surface area contributed by atoms with Crippen LogP contribution in [0.2, 0.25) is 0 Å². The van der Waals surface area contributed by atoms with Crippen molar-refractivity contribution in [1.82, 2.24) is 3.97 Å². The van der Waals surface area contributed by atoms with Crippen LogP contribution in [0.25, 0.3) is 0 Å². The Kier molecular flexibility index (Phi) is 6.08. The lowest BCUT2D eigenvalue weighted by Gasteiger charge is -2.21. The van der Waals surface area contributed by atoms with Crippen molar-refractivity contribution >= 4 is 15.9 Å². The molecule has 3 aromatic rings. The number of hydrogen-bond donors (Lipinski definition) is 0. The third kappa shape index (κ3) is 5.20. The van der Waals surface area contributed by atoms with Gasteiger partial charge in [-0.3, -0.25) is 0 Å². The molecule has 1 aromatic heterocycles. The fraction of sp³-hybridized carbons (Fsp3) is 0.429. The monoisotopic (exact) mass is 492 g/mol. The maximum Gasteiger partial charge on any atom is 0.301 e. The molecule has 0 amide bonds. The second-order valence-electron chi connectivity index (χ2n) is 10.9. The highest BCUT2D eigenvalue weighted by atomic mass is 32.2. The smallest absolute Gasteiger partial charge is 0.301 e. The maximum absolute atomic E-state index is 11.9. The first kappa shape index (κ1) is 23.8. The topological polar surface area (TPSA) is 64.5 Å². The highest BCUT2D eigenvalue weighted by Gasteiger charge is 2.31. The molecule has 0 saturated heterocycles. The zero-order chi connectivity index (χ0) is 24.8. The Morgan fingerprint density at radius 1 is 1.03 bits per heavy atom. The molecule has 1 aliphatic heterocycles. The highest BCUT2D eigenvalue weighted by Crippen LogP contribution is 2.29. The Balaban J connectivity index is 1.43. The largest absolute Gasteiger partial charge is 0.475 e. The normalized spacial score (nSPS) is 18.2. The maximum atomic E-state index is 11.9. The number of aromatic nitrogens is 2. The van der Waals surface area contributed by atoms with Crippen molar-refractivity contribution in [2.45, 2.75) is 59.0 Å². The SMILES string of the molecule is CC(C)(C)[C@H]1COC(c2cc3ccc2CCc2ccc(c(C[n+]4ccn(S(C)(=O)=O)c4)c2)CC3)=N1. The zero-order valence-electron chi connectivity index (χ0n) is 21.0. The molecule has 184 valence electrons. The van der Waals surface area contributed by atoms with E-state index >= 15 is 0 Å². The average molecular weight is 493 g/mol. The van der Waals surface area contributed by atoms with E-state index in [0.29, 0.717) is 13.2 Å². The van der Waals surface area contributed by atoms with Gasteiger partial charge < -0.3 is 4.74 Å². The molecule has 2 aromatic carbocycles. The van der Waals surface area contributed by atoms with Crippen molar-refractivity contribution in [3.8, 4) is 0 Å². The van der Waals surface area contributed by atoms with E-state index in [1.807, 2.05) is 10.8 Å². The van der Waals surface area contributed by atoms with Crippen LogP contribution in [0.3, 0.4) is 0 Å². The van der Waals surface area contributed by atoms with Gasteiger partial charge in [0.25, 0.3) is 6.33 Å². The summed E-state index contributed by atoms with van der Waals surface area (Å²) in [6, 6.07) is 13.7. The van der Waals surface area contributed by atoms with Gasteiger partial charge >= 0.3 is 10.0 Å². The van der Waals surface area contributed by atoms with Crippen LogP contribution >= 0.6 is 0 Å². The van der Waals surface area contributed by atoms with Crippen LogP contribution in [0, 0.1) is 5.41 Å². The third-order valence-corrected chi connectivity index (χ3v) is 8.08. The van der Waals surface area contributed by atoms with Crippen molar-refractivity contribution in [2.24, 2.45) is 10.4 Å². The molecular formula is C28H34N3O3S+. The second-order valence-corrected chi connectivity index (χ2v) is 12.8. The van der Waals surface area contributed by atoms with Gasteiger partial charge in [0.1, 0.15) is 25.5 Å². The summed E-state index contributed by atoms with van der Waals surface area (Å²) in [4.78, 5) is 4.97. The van der Waals surface area contributed by atoms with Crippen molar-refractivity contribution in [1.29, 1.82) is 0 Å². The summed E-state index contributed by atoms with van der Waals surface area (Å²) in [5, 5.41) is 0. The lowest BCUT2D eigenvalue weighted by Crippen LogP contribution is -2.32.